The molecule has 1 aliphatic rings. The molecule has 0 aliphatic carbocycles. The second-order valence-electron chi connectivity index (χ2n) is 7.03. The lowest BCUT2D eigenvalue weighted by Gasteiger charge is -2.31. The molecule has 6 heteroatoms. The van der Waals surface area contributed by atoms with Crippen LogP contribution in [0, 0.1) is 13.8 Å². The molecule has 1 aliphatic heterocycles. The summed E-state index contributed by atoms with van der Waals surface area (Å²) in [4.78, 5) is 23.4. The van der Waals surface area contributed by atoms with E-state index in [1.54, 1.807) is 13.8 Å². The van der Waals surface area contributed by atoms with Crippen molar-refractivity contribution in [3.63, 3.8) is 0 Å². The third-order valence-corrected chi connectivity index (χ3v) is 5.01. The van der Waals surface area contributed by atoms with Crippen LogP contribution < -0.4 is 4.74 Å². The summed E-state index contributed by atoms with van der Waals surface area (Å²) in [7, 11) is 0. The number of ether oxygens (including phenoxy) is 1. The first-order valence-electron chi connectivity index (χ1n) is 9.53. The minimum absolute atomic E-state index is 0.0781. The lowest BCUT2D eigenvalue weighted by atomic mass is 9.93. The molecule has 1 aromatic carbocycles. The van der Waals surface area contributed by atoms with Crippen molar-refractivity contribution in [2.24, 2.45) is 0 Å². The molecule has 0 unspecified atom stereocenters. The highest BCUT2D eigenvalue weighted by molar-refractivity contribution is 5.92. The maximum Gasteiger partial charge on any atom is 0.291 e. The number of benzene rings is 1. The molecule has 6 nitrogen and oxygen atoms in total. The van der Waals surface area contributed by atoms with Crippen LogP contribution in [0.4, 0.5) is 0 Å². The average molecular weight is 377 g/mol. The molecule has 0 N–H and O–H groups in total. The Morgan fingerprint density at radius 3 is 2.46 bits per heavy atom. The van der Waals surface area contributed by atoms with E-state index in [-0.39, 0.29) is 5.91 Å². The van der Waals surface area contributed by atoms with E-state index in [0.29, 0.717) is 42.2 Å². The first-order valence-corrected chi connectivity index (χ1v) is 9.53. The summed E-state index contributed by atoms with van der Waals surface area (Å²) in [6.45, 7) is 4.91. The van der Waals surface area contributed by atoms with Gasteiger partial charge in [-0.1, -0.05) is 24.3 Å². The summed E-state index contributed by atoms with van der Waals surface area (Å²) < 4.78 is 11.3. The maximum absolute atomic E-state index is 12.7. The van der Waals surface area contributed by atoms with Gasteiger partial charge in [-0.3, -0.25) is 4.79 Å². The molecule has 0 spiro atoms. The van der Waals surface area contributed by atoms with E-state index < -0.39 is 0 Å². The van der Waals surface area contributed by atoms with Crippen LogP contribution in [0.3, 0.4) is 0 Å². The smallest absolute Gasteiger partial charge is 0.291 e. The lowest BCUT2D eigenvalue weighted by Crippen LogP contribution is -2.38. The van der Waals surface area contributed by atoms with Gasteiger partial charge in [0.05, 0.1) is 5.69 Å². The molecular formula is C22H23N3O3. The largest absolute Gasteiger partial charge is 0.439 e. The number of carbonyl (C=O) groups excluding carboxylic acids is 1. The fourth-order valence-corrected chi connectivity index (χ4v) is 3.58. The van der Waals surface area contributed by atoms with E-state index in [1.165, 1.54) is 0 Å². The van der Waals surface area contributed by atoms with Gasteiger partial charge in [-0.15, -0.1) is 0 Å². The number of carbonyl (C=O) groups is 1. The third kappa shape index (κ3) is 3.91. The number of amides is 1. The Kier molecular flexibility index (Phi) is 5.10. The first kappa shape index (κ1) is 18.2. The second kappa shape index (κ2) is 7.84. The summed E-state index contributed by atoms with van der Waals surface area (Å²) in [5.41, 5.74) is 1.66. The standard InChI is InChI=1S/C22H23N3O3/c1-15-21(27-16(2)23-15)22(26)25-13-11-17(12-14-25)19-9-6-10-20(24-19)28-18-7-4-3-5-8-18/h3-10,17H,11-14H2,1-2H3. The number of aryl methyl sites for hydroxylation is 2. The monoisotopic (exact) mass is 377 g/mol. The molecule has 0 bridgehead atoms. The molecular weight excluding hydrogens is 354 g/mol. The van der Waals surface area contributed by atoms with Gasteiger partial charge in [0, 0.05) is 37.7 Å². The van der Waals surface area contributed by atoms with Gasteiger partial charge in [-0.25, -0.2) is 9.97 Å². The van der Waals surface area contributed by atoms with Crippen molar-refractivity contribution in [1.29, 1.82) is 0 Å². The molecule has 4 rings (SSSR count). The first-order chi connectivity index (χ1) is 13.6. The number of para-hydroxylation sites is 1. The lowest BCUT2D eigenvalue weighted by molar-refractivity contribution is 0.0677. The van der Waals surface area contributed by atoms with Crippen LogP contribution in [0.15, 0.2) is 52.9 Å². The number of nitrogens with zero attached hydrogens (tertiary/aromatic N) is 3. The van der Waals surface area contributed by atoms with Crippen molar-refractivity contribution in [3.05, 3.63) is 71.6 Å². The number of rotatable bonds is 4. The number of pyridine rings is 1. The van der Waals surface area contributed by atoms with Crippen LogP contribution in [-0.4, -0.2) is 33.9 Å². The van der Waals surface area contributed by atoms with Gasteiger partial charge in [-0.05, 0) is 38.0 Å². The summed E-state index contributed by atoms with van der Waals surface area (Å²) in [5, 5.41) is 0. The van der Waals surface area contributed by atoms with Crippen LogP contribution in [0.25, 0.3) is 0 Å². The van der Waals surface area contributed by atoms with Crippen molar-refractivity contribution < 1.29 is 13.9 Å². The van der Waals surface area contributed by atoms with Crippen LogP contribution >= 0.6 is 0 Å². The Balaban J connectivity index is 1.40. The van der Waals surface area contributed by atoms with E-state index in [4.69, 9.17) is 9.15 Å². The fraction of sp³-hybridized carbons (Fsp3) is 0.318. The molecule has 144 valence electrons. The Morgan fingerprint density at radius 1 is 1.04 bits per heavy atom. The number of likely N-dealkylation sites (tertiary alicyclic amines) is 1. The van der Waals surface area contributed by atoms with Crippen LogP contribution in [0.2, 0.25) is 0 Å². The highest BCUT2D eigenvalue weighted by Gasteiger charge is 2.28. The zero-order chi connectivity index (χ0) is 19.5. The SMILES string of the molecule is Cc1nc(C)c(C(=O)N2CCC(c3cccc(Oc4ccccc4)n3)CC2)o1. The minimum Gasteiger partial charge on any atom is -0.439 e. The van der Waals surface area contributed by atoms with Gasteiger partial charge in [-0.2, -0.15) is 0 Å². The van der Waals surface area contributed by atoms with Gasteiger partial charge in [0.15, 0.2) is 5.89 Å². The molecule has 1 fully saturated rings. The van der Waals surface area contributed by atoms with E-state index in [1.807, 2.05) is 53.4 Å². The number of aromatic nitrogens is 2. The van der Waals surface area contributed by atoms with Gasteiger partial charge < -0.3 is 14.1 Å². The van der Waals surface area contributed by atoms with Gasteiger partial charge >= 0.3 is 0 Å². The average Bonchev–Trinajstić information content (AvgIpc) is 3.06. The molecule has 3 aromatic rings. The predicted octanol–water partition coefficient (Wildman–Crippen LogP) is 4.50. The number of piperidine rings is 1. The van der Waals surface area contributed by atoms with Crippen molar-refractivity contribution in [1.82, 2.24) is 14.9 Å². The molecule has 0 saturated carbocycles. The fourth-order valence-electron chi connectivity index (χ4n) is 3.58. The second-order valence-corrected chi connectivity index (χ2v) is 7.03. The Labute approximate surface area is 164 Å². The van der Waals surface area contributed by atoms with E-state index in [0.717, 1.165) is 24.3 Å². The summed E-state index contributed by atoms with van der Waals surface area (Å²) in [6.07, 6.45) is 1.72. The molecule has 3 heterocycles. The van der Waals surface area contributed by atoms with Crippen molar-refractivity contribution >= 4 is 5.91 Å². The number of oxazole rings is 1. The van der Waals surface area contributed by atoms with Crippen molar-refractivity contribution in [2.75, 3.05) is 13.1 Å². The highest BCUT2D eigenvalue weighted by atomic mass is 16.5. The number of hydrogen-bond acceptors (Lipinski definition) is 5. The summed E-state index contributed by atoms with van der Waals surface area (Å²) in [6, 6.07) is 15.5. The van der Waals surface area contributed by atoms with Gasteiger partial charge in [0.1, 0.15) is 5.75 Å². The minimum atomic E-state index is -0.0781. The molecule has 0 radical (unpaired) electrons. The highest BCUT2D eigenvalue weighted by Crippen LogP contribution is 2.30. The predicted molar refractivity (Wildman–Crippen MR) is 105 cm³/mol. The van der Waals surface area contributed by atoms with Gasteiger partial charge in [0.2, 0.25) is 11.6 Å². The van der Waals surface area contributed by atoms with Crippen molar-refractivity contribution in [3.8, 4) is 11.6 Å². The van der Waals surface area contributed by atoms with Gasteiger partial charge in [0.25, 0.3) is 5.91 Å². The summed E-state index contributed by atoms with van der Waals surface area (Å²) >= 11 is 0. The maximum atomic E-state index is 12.7. The quantitative estimate of drug-likeness (QED) is 0.670. The van der Waals surface area contributed by atoms with Crippen LogP contribution in [0.5, 0.6) is 11.6 Å². The molecule has 1 saturated heterocycles. The van der Waals surface area contributed by atoms with E-state index in [2.05, 4.69) is 9.97 Å². The van der Waals surface area contributed by atoms with Crippen molar-refractivity contribution in [2.45, 2.75) is 32.6 Å². The Bertz CT molecular complexity index is 960. The zero-order valence-electron chi connectivity index (χ0n) is 16.1. The molecule has 0 atom stereocenters. The van der Waals surface area contributed by atoms with E-state index >= 15 is 0 Å². The van der Waals surface area contributed by atoms with Crippen LogP contribution in [-0.2, 0) is 0 Å². The molecule has 28 heavy (non-hydrogen) atoms. The van der Waals surface area contributed by atoms with E-state index in [9.17, 15) is 4.79 Å². The summed E-state index contributed by atoms with van der Waals surface area (Å²) in [5.74, 6) is 2.47. The number of hydrogen-bond donors (Lipinski definition) is 0. The normalized spacial score (nSPS) is 14.9. The zero-order valence-corrected chi connectivity index (χ0v) is 16.1. The molecule has 2 aromatic heterocycles. The Morgan fingerprint density at radius 2 is 1.79 bits per heavy atom. The molecule has 1 amide bonds. The Hall–Kier alpha value is -3.15. The van der Waals surface area contributed by atoms with Crippen LogP contribution in [0.1, 0.15) is 46.6 Å². The third-order valence-electron chi connectivity index (χ3n) is 5.01. The topological polar surface area (TPSA) is 68.5 Å².